The van der Waals surface area contributed by atoms with Crippen molar-refractivity contribution >= 4 is 16.9 Å². The quantitative estimate of drug-likeness (QED) is 0.647. The number of carbonyl (C=O) groups is 1. The molecular formula is C21H19NO3. The van der Waals surface area contributed by atoms with Crippen LogP contribution in [0.1, 0.15) is 16.1 Å². The van der Waals surface area contributed by atoms with Crippen LogP contribution in [0.5, 0.6) is 0 Å². The topological polar surface area (TPSA) is 50.5 Å². The van der Waals surface area contributed by atoms with Crippen LogP contribution in [-0.2, 0) is 6.42 Å². The third kappa shape index (κ3) is 3.86. The van der Waals surface area contributed by atoms with E-state index >= 15 is 0 Å². The summed E-state index contributed by atoms with van der Waals surface area (Å²) in [5.74, 6) is -0.253. The Balaban J connectivity index is 1.85. The molecular weight excluding hydrogens is 314 g/mol. The molecule has 4 heteroatoms. The molecule has 0 atom stereocenters. The molecule has 0 aliphatic carbocycles. The summed E-state index contributed by atoms with van der Waals surface area (Å²) in [7, 11) is 0. The van der Waals surface area contributed by atoms with Gasteiger partial charge in [0.2, 0.25) is 0 Å². The second-order valence-corrected chi connectivity index (χ2v) is 5.75. The molecule has 4 nitrogen and oxygen atoms in total. The minimum atomic E-state index is -0.307. The van der Waals surface area contributed by atoms with Gasteiger partial charge in [0, 0.05) is 19.2 Å². The van der Waals surface area contributed by atoms with E-state index in [1.54, 1.807) is 35.2 Å². The van der Waals surface area contributed by atoms with E-state index in [2.05, 4.69) is 6.58 Å². The van der Waals surface area contributed by atoms with E-state index in [0.29, 0.717) is 24.1 Å². The van der Waals surface area contributed by atoms with Crippen LogP contribution in [0.4, 0.5) is 0 Å². The summed E-state index contributed by atoms with van der Waals surface area (Å²) in [5.41, 5.74) is 1.34. The number of fused-ring (bicyclic) bond motifs is 1. The van der Waals surface area contributed by atoms with Gasteiger partial charge in [0.25, 0.3) is 5.91 Å². The first-order valence-electron chi connectivity index (χ1n) is 8.16. The molecule has 0 spiro atoms. The second-order valence-electron chi connectivity index (χ2n) is 5.75. The number of benzene rings is 2. The van der Waals surface area contributed by atoms with Gasteiger partial charge in [0.1, 0.15) is 5.58 Å². The highest BCUT2D eigenvalue weighted by Crippen LogP contribution is 2.14. The van der Waals surface area contributed by atoms with Gasteiger partial charge in [-0.2, -0.15) is 0 Å². The fourth-order valence-corrected chi connectivity index (χ4v) is 2.71. The molecule has 0 bridgehead atoms. The summed E-state index contributed by atoms with van der Waals surface area (Å²) >= 11 is 0. The molecule has 0 radical (unpaired) electrons. The van der Waals surface area contributed by atoms with E-state index in [1.807, 2.05) is 30.3 Å². The van der Waals surface area contributed by atoms with Gasteiger partial charge in [0.15, 0.2) is 11.2 Å². The molecule has 0 aliphatic rings. The van der Waals surface area contributed by atoms with Crippen LogP contribution < -0.4 is 5.43 Å². The Labute approximate surface area is 146 Å². The monoisotopic (exact) mass is 333 g/mol. The minimum Gasteiger partial charge on any atom is -0.451 e. The van der Waals surface area contributed by atoms with Gasteiger partial charge < -0.3 is 9.32 Å². The number of para-hydroxylation sites is 1. The van der Waals surface area contributed by atoms with Crippen LogP contribution in [0.15, 0.2) is 82.5 Å². The maximum atomic E-state index is 12.8. The molecule has 0 saturated heterocycles. The van der Waals surface area contributed by atoms with Crippen LogP contribution >= 0.6 is 0 Å². The van der Waals surface area contributed by atoms with Crippen molar-refractivity contribution in [3.05, 3.63) is 94.9 Å². The third-order valence-corrected chi connectivity index (χ3v) is 4.00. The van der Waals surface area contributed by atoms with E-state index in [1.165, 1.54) is 6.07 Å². The predicted octanol–water partition coefficient (Wildman–Crippen LogP) is 3.66. The lowest BCUT2D eigenvalue weighted by Crippen LogP contribution is -2.33. The number of hydrogen-bond acceptors (Lipinski definition) is 3. The van der Waals surface area contributed by atoms with Crippen molar-refractivity contribution in [2.45, 2.75) is 6.42 Å². The predicted molar refractivity (Wildman–Crippen MR) is 98.7 cm³/mol. The van der Waals surface area contributed by atoms with E-state index in [-0.39, 0.29) is 17.1 Å². The molecule has 0 N–H and O–H groups in total. The fraction of sp³-hybridized carbons (Fsp3) is 0.143. The lowest BCUT2D eigenvalue weighted by atomic mass is 10.1. The highest BCUT2D eigenvalue weighted by atomic mass is 16.3. The molecule has 3 rings (SSSR count). The van der Waals surface area contributed by atoms with E-state index in [0.717, 1.165) is 12.0 Å². The van der Waals surface area contributed by atoms with Crippen molar-refractivity contribution in [1.82, 2.24) is 4.90 Å². The van der Waals surface area contributed by atoms with Crippen LogP contribution in [0.2, 0.25) is 0 Å². The number of rotatable bonds is 6. The molecule has 25 heavy (non-hydrogen) atoms. The molecule has 2 aromatic carbocycles. The standard InChI is InChI=1S/C21H19NO3/c1-2-13-22(14-12-16-8-4-3-5-9-16)21(24)20-15-18(23)17-10-6-7-11-19(17)25-20/h2-11,15H,1,12-14H2. The summed E-state index contributed by atoms with van der Waals surface area (Å²) < 4.78 is 5.66. The molecule has 1 heterocycles. The van der Waals surface area contributed by atoms with Crippen LogP contribution in [0, 0.1) is 0 Å². The Bertz CT molecular complexity index is 944. The third-order valence-electron chi connectivity index (χ3n) is 4.00. The smallest absolute Gasteiger partial charge is 0.290 e. The first-order valence-corrected chi connectivity index (χ1v) is 8.16. The molecule has 3 aromatic rings. The van der Waals surface area contributed by atoms with Gasteiger partial charge in [-0.1, -0.05) is 48.5 Å². The molecule has 1 amide bonds. The average molecular weight is 333 g/mol. The van der Waals surface area contributed by atoms with Crippen molar-refractivity contribution in [3.8, 4) is 0 Å². The maximum absolute atomic E-state index is 12.8. The van der Waals surface area contributed by atoms with Crippen molar-refractivity contribution in [2.24, 2.45) is 0 Å². The zero-order valence-electron chi connectivity index (χ0n) is 13.9. The van der Waals surface area contributed by atoms with Gasteiger partial charge in [0.05, 0.1) is 5.39 Å². The number of hydrogen-bond donors (Lipinski definition) is 0. The molecule has 126 valence electrons. The highest BCUT2D eigenvalue weighted by Gasteiger charge is 2.18. The summed E-state index contributed by atoms with van der Waals surface area (Å²) in [6, 6.07) is 18.1. The van der Waals surface area contributed by atoms with Crippen molar-refractivity contribution in [3.63, 3.8) is 0 Å². The van der Waals surface area contributed by atoms with Crippen LogP contribution in [0.25, 0.3) is 11.0 Å². The Morgan fingerprint density at radius 1 is 1.08 bits per heavy atom. The summed E-state index contributed by atoms with van der Waals surface area (Å²) in [6.07, 6.45) is 2.39. The first-order chi connectivity index (χ1) is 12.2. The second kappa shape index (κ2) is 7.62. The lowest BCUT2D eigenvalue weighted by Gasteiger charge is -2.20. The highest BCUT2D eigenvalue weighted by molar-refractivity contribution is 5.93. The lowest BCUT2D eigenvalue weighted by molar-refractivity contribution is 0.0744. The largest absolute Gasteiger partial charge is 0.451 e. The molecule has 0 fully saturated rings. The van der Waals surface area contributed by atoms with Gasteiger partial charge in [-0.25, -0.2) is 0 Å². The fourth-order valence-electron chi connectivity index (χ4n) is 2.71. The Morgan fingerprint density at radius 2 is 1.80 bits per heavy atom. The Kier molecular flexibility index (Phi) is 5.09. The summed E-state index contributed by atoms with van der Waals surface area (Å²) in [6.45, 7) is 4.62. The number of carbonyl (C=O) groups excluding carboxylic acids is 1. The van der Waals surface area contributed by atoms with E-state index < -0.39 is 0 Å². The Hall–Kier alpha value is -3.14. The zero-order valence-corrected chi connectivity index (χ0v) is 13.9. The van der Waals surface area contributed by atoms with Crippen molar-refractivity contribution in [1.29, 1.82) is 0 Å². The number of amides is 1. The molecule has 0 aliphatic heterocycles. The summed E-state index contributed by atoms with van der Waals surface area (Å²) in [4.78, 5) is 26.6. The van der Waals surface area contributed by atoms with Crippen molar-refractivity contribution in [2.75, 3.05) is 13.1 Å². The van der Waals surface area contributed by atoms with E-state index in [4.69, 9.17) is 4.42 Å². The SMILES string of the molecule is C=CCN(CCc1ccccc1)C(=O)c1cc(=O)c2ccccc2o1. The molecule has 1 aromatic heterocycles. The first kappa shape index (κ1) is 16.7. The van der Waals surface area contributed by atoms with E-state index in [9.17, 15) is 9.59 Å². The van der Waals surface area contributed by atoms with Gasteiger partial charge in [-0.3, -0.25) is 9.59 Å². The average Bonchev–Trinajstić information content (AvgIpc) is 2.65. The van der Waals surface area contributed by atoms with Crippen LogP contribution in [0.3, 0.4) is 0 Å². The molecule has 0 unspecified atom stereocenters. The van der Waals surface area contributed by atoms with Gasteiger partial charge in [-0.15, -0.1) is 6.58 Å². The van der Waals surface area contributed by atoms with Gasteiger partial charge >= 0.3 is 0 Å². The Morgan fingerprint density at radius 3 is 2.56 bits per heavy atom. The normalized spacial score (nSPS) is 10.6. The maximum Gasteiger partial charge on any atom is 0.290 e. The van der Waals surface area contributed by atoms with Crippen LogP contribution in [-0.4, -0.2) is 23.9 Å². The zero-order chi connectivity index (χ0) is 17.6. The number of nitrogens with zero attached hydrogens (tertiary/aromatic N) is 1. The molecule has 0 saturated carbocycles. The summed E-state index contributed by atoms with van der Waals surface area (Å²) in [5, 5.41) is 0.471. The van der Waals surface area contributed by atoms with Crippen molar-refractivity contribution < 1.29 is 9.21 Å². The minimum absolute atomic E-state index is 0.0543. The van der Waals surface area contributed by atoms with Gasteiger partial charge in [-0.05, 0) is 24.1 Å².